The lowest BCUT2D eigenvalue weighted by Gasteiger charge is -2.14. The third-order valence-electron chi connectivity index (χ3n) is 3.61. The van der Waals surface area contributed by atoms with Crippen molar-refractivity contribution in [1.29, 1.82) is 0 Å². The molecule has 25 heavy (non-hydrogen) atoms. The smallest absolute Gasteiger partial charge is 0.306 e. The van der Waals surface area contributed by atoms with E-state index in [1.165, 1.54) is 0 Å². The molecule has 1 N–H and O–H groups in total. The van der Waals surface area contributed by atoms with Crippen LogP contribution in [0.2, 0.25) is 0 Å². The summed E-state index contributed by atoms with van der Waals surface area (Å²) in [5, 5.41) is 36.2. The zero-order valence-electron chi connectivity index (χ0n) is 13.6. The second-order valence-electron chi connectivity index (χ2n) is 5.53. The molecule has 0 saturated carbocycles. The lowest BCUT2D eigenvalue weighted by atomic mass is 10.0. The molecule has 2 aromatic rings. The summed E-state index contributed by atoms with van der Waals surface area (Å²) in [6.45, 7) is 5.39. The number of benzene rings is 2. The molecule has 10 heteroatoms. The molecule has 130 valence electrons. The standard InChI is InChI=1S/C15H14N4O6/c1-8-4-9(2)14(10(3)5-8)16-15-12(18(22)23)6-11(17(20)21)7-13(15)19(24)25/h4-7,16H,1-3H3. The third kappa shape index (κ3) is 3.52. The van der Waals surface area contributed by atoms with E-state index >= 15 is 0 Å². The lowest BCUT2D eigenvalue weighted by molar-refractivity contribution is -0.401. The molecule has 2 aromatic carbocycles. The van der Waals surface area contributed by atoms with Crippen LogP contribution < -0.4 is 5.32 Å². The van der Waals surface area contributed by atoms with Gasteiger partial charge in [0.15, 0.2) is 5.69 Å². The fraction of sp³-hybridized carbons (Fsp3) is 0.200. The first-order valence-electron chi connectivity index (χ1n) is 7.08. The Kier molecular flexibility index (Phi) is 4.63. The maximum atomic E-state index is 11.3. The Hall–Kier alpha value is -3.56. The van der Waals surface area contributed by atoms with E-state index in [0.29, 0.717) is 17.8 Å². The molecule has 0 heterocycles. The van der Waals surface area contributed by atoms with Gasteiger partial charge in [-0.2, -0.15) is 0 Å². The second kappa shape index (κ2) is 6.51. The zero-order valence-corrected chi connectivity index (χ0v) is 13.6. The highest BCUT2D eigenvalue weighted by molar-refractivity contribution is 5.83. The Balaban J connectivity index is 2.74. The molecule has 2 rings (SSSR count). The van der Waals surface area contributed by atoms with Gasteiger partial charge in [-0.25, -0.2) is 0 Å². The van der Waals surface area contributed by atoms with E-state index in [2.05, 4.69) is 5.32 Å². The zero-order chi connectivity index (χ0) is 18.9. The molecule has 0 saturated heterocycles. The average molecular weight is 346 g/mol. The summed E-state index contributed by atoms with van der Waals surface area (Å²) in [6.07, 6.45) is 0. The highest BCUT2D eigenvalue weighted by Crippen LogP contribution is 2.41. The molecule has 0 aliphatic carbocycles. The summed E-state index contributed by atoms with van der Waals surface area (Å²) in [7, 11) is 0. The van der Waals surface area contributed by atoms with E-state index in [1.807, 2.05) is 19.1 Å². The lowest BCUT2D eigenvalue weighted by Crippen LogP contribution is -2.05. The van der Waals surface area contributed by atoms with Crippen LogP contribution in [0.4, 0.5) is 28.4 Å². The Morgan fingerprint density at radius 3 is 1.52 bits per heavy atom. The number of nitrogens with zero attached hydrogens (tertiary/aromatic N) is 3. The van der Waals surface area contributed by atoms with Gasteiger partial charge in [0.25, 0.3) is 5.69 Å². The number of nitrogens with one attached hydrogen (secondary N) is 1. The van der Waals surface area contributed by atoms with Crippen LogP contribution in [0, 0.1) is 51.1 Å². The van der Waals surface area contributed by atoms with Gasteiger partial charge >= 0.3 is 11.4 Å². The SMILES string of the molecule is Cc1cc(C)c(Nc2c([N+](=O)[O-])cc([N+](=O)[O-])cc2[N+](=O)[O-])c(C)c1. The van der Waals surface area contributed by atoms with Gasteiger partial charge in [-0.3, -0.25) is 30.3 Å². The van der Waals surface area contributed by atoms with Gasteiger partial charge in [0, 0.05) is 5.69 Å². The largest absolute Gasteiger partial charge is 0.344 e. The van der Waals surface area contributed by atoms with Crippen LogP contribution in [-0.2, 0) is 0 Å². The fourth-order valence-electron chi connectivity index (χ4n) is 2.62. The molecule has 0 amide bonds. The van der Waals surface area contributed by atoms with E-state index < -0.39 is 37.5 Å². The van der Waals surface area contributed by atoms with Crippen molar-refractivity contribution in [1.82, 2.24) is 0 Å². The number of hydrogen-bond donors (Lipinski definition) is 1. The molecule has 0 radical (unpaired) electrons. The highest BCUT2D eigenvalue weighted by Gasteiger charge is 2.31. The van der Waals surface area contributed by atoms with Crippen molar-refractivity contribution >= 4 is 28.4 Å². The van der Waals surface area contributed by atoms with Crippen LogP contribution >= 0.6 is 0 Å². The van der Waals surface area contributed by atoms with Gasteiger partial charge in [0.1, 0.15) is 0 Å². The van der Waals surface area contributed by atoms with E-state index in [9.17, 15) is 30.3 Å². The molecule has 0 aliphatic rings. The molecule has 0 bridgehead atoms. The van der Waals surface area contributed by atoms with Crippen LogP contribution in [0.5, 0.6) is 0 Å². The summed E-state index contributed by atoms with van der Waals surface area (Å²) in [6, 6.07) is 5.04. The Bertz CT molecular complexity index is 851. The number of non-ortho nitro benzene ring substituents is 1. The van der Waals surface area contributed by atoms with Gasteiger partial charge in [-0.1, -0.05) is 17.7 Å². The summed E-state index contributed by atoms with van der Waals surface area (Å²) in [5.41, 5.74) is 0.329. The van der Waals surface area contributed by atoms with E-state index in [0.717, 1.165) is 16.7 Å². The molecule has 10 nitrogen and oxygen atoms in total. The number of nitro groups is 3. The third-order valence-corrected chi connectivity index (χ3v) is 3.61. The summed E-state index contributed by atoms with van der Waals surface area (Å²) in [4.78, 5) is 30.8. The van der Waals surface area contributed by atoms with Crippen molar-refractivity contribution in [2.75, 3.05) is 5.32 Å². The number of nitro benzene ring substituents is 3. The Labute approximate surface area is 141 Å². The minimum Gasteiger partial charge on any atom is -0.344 e. The molecule has 0 unspecified atom stereocenters. The fourth-order valence-corrected chi connectivity index (χ4v) is 2.62. The van der Waals surface area contributed by atoms with Crippen molar-refractivity contribution < 1.29 is 14.8 Å². The molecular formula is C15H14N4O6. The minimum absolute atomic E-state index is 0.393. The molecule has 0 atom stereocenters. The van der Waals surface area contributed by atoms with Gasteiger partial charge < -0.3 is 5.32 Å². The monoisotopic (exact) mass is 346 g/mol. The summed E-state index contributed by atoms with van der Waals surface area (Å²) < 4.78 is 0. The first-order valence-corrected chi connectivity index (χ1v) is 7.08. The first-order chi connectivity index (χ1) is 11.6. The van der Waals surface area contributed by atoms with Crippen molar-refractivity contribution in [3.05, 3.63) is 71.3 Å². The maximum Gasteiger partial charge on any atom is 0.306 e. The van der Waals surface area contributed by atoms with Gasteiger partial charge in [-0.05, 0) is 31.9 Å². The predicted octanol–water partition coefficient (Wildman–Crippen LogP) is 4.08. The number of rotatable bonds is 5. The number of aryl methyl sites for hydroxylation is 3. The van der Waals surface area contributed by atoms with E-state index in [1.54, 1.807) is 13.8 Å². The topological polar surface area (TPSA) is 141 Å². The van der Waals surface area contributed by atoms with Crippen molar-refractivity contribution in [2.45, 2.75) is 20.8 Å². The van der Waals surface area contributed by atoms with Crippen molar-refractivity contribution in [3.63, 3.8) is 0 Å². The van der Waals surface area contributed by atoms with Crippen molar-refractivity contribution in [2.24, 2.45) is 0 Å². The van der Waals surface area contributed by atoms with Gasteiger partial charge in [0.2, 0.25) is 0 Å². The molecule has 0 spiro atoms. The first kappa shape index (κ1) is 17.8. The molecule has 0 aliphatic heterocycles. The number of hydrogen-bond acceptors (Lipinski definition) is 7. The normalized spacial score (nSPS) is 10.4. The molecule has 0 aromatic heterocycles. The summed E-state index contributed by atoms with van der Waals surface area (Å²) >= 11 is 0. The van der Waals surface area contributed by atoms with Crippen molar-refractivity contribution in [3.8, 4) is 0 Å². The molecular weight excluding hydrogens is 332 g/mol. The molecule has 0 fully saturated rings. The summed E-state index contributed by atoms with van der Waals surface area (Å²) in [5.74, 6) is 0. The Morgan fingerprint density at radius 2 is 1.16 bits per heavy atom. The predicted molar refractivity (Wildman–Crippen MR) is 90.3 cm³/mol. The Morgan fingerprint density at radius 1 is 0.720 bits per heavy atom. The van der Waals surface area contributed by atoms with E-state index in [-0.39, 0.29) is 0 Å². The highest BCUT2D eigenvalue weighted by atomic mass is 16.6. The van der Waals surface area contributed by atoms with Crippen LogP contribution in [0.3, 0.4) is 0 Å². The minimum atomic E-state index is -0.911. The van der Waals surface area contributed by atoms with Crippen LogP contribution in [0.1, 0.15) is 16.7 Å². The average Bonchev–Trinajstić information content (AvgIpc) is 2.49. The van der Waals surface area contributed by atoms with Crippen LogP contribution in [0.25, 0.3) is 0 Å². The second-order valence-corrected chi connectivity index (χ2v) is 5.53. The van der Waals surface area contributed by atoms with Gasteiger partial charge in [0.05, 0.1) is 26.9 Å². The quantitative estimate of drug-likeness (QED) is 0.634. The van der Waals surface area contributed by atoms with Crippen LogP contribution in [-0.4, -0.2) is 14.8 Å². The van der Waals surface area contributed by atoms with Gasteiger partial charge in [-0.15, -0.1) is 0 Å². The van der Waals surface area contributed by atoms with E-state index in [4.69, 9.17) is 0 Å². The maximum absolute atomic E-state index is 11.3. The van der Waals surface area contributed by atoms with Crippen LogP contribution in [0.15, 0.2) is 24.3 Å². The number of anilines is 2.